The molecule has 0 aromatic heterocycles. The molecule has 0 radical (unpaired) electrons. The number of para-hydroxylation sites is 2. The fraction of sp³-hybridized carbons (Fsp3) is 0.667. The zero-order valence-corrected chi connectivity index (χ0v) is 13.6. The molecule has 0 bridgehead atoms. The molecular formula is C18H29NO2. The third kappa shape index (κ3) is 3.91. The van der Waals surface area contributed by atoms with Crippen LogP contribution in [0.3, 0.4) is 0 Å². The Morgan fingerprint density at radius 2 is 2.05 bits per heavy atom. The molecule has 1 aliphatic carbocycles. The van der Waals surface area contributed by atoms with Crippen LogP contribution in [0.4, 0.5) is 5.69 Å². The highest BCUT2D eigenvalue weighted by Crippen LogP contribution is 2.37. The number of methoxy groups -OCH3 is 1. The van der Waals surface area contributed by atoms with Gasteiger partial charge in [-0.2, -0.15) is 0 Å². The molecular weight excluding hydrogens is 262 g/mol. The van der Waals surface area contributed by atoms with Crippen molar-refractivity contribution in [3.05, 3.63) is 24.3 Å². The van der Waals surface area contributed by atoms with Gasteiger partial charge in [0.1, 0.15) is 5.75 Å². The highest BCUT2D eigenvalue weighted by Gasteiger charge is 2.33. The predicted octanol–water partition coefficient (Wildman–Crippen LogP) is 4.07. The third-order valence-corrected chi connectivity index (χ3v) is 4.98. The standard InChI is InChI=1S/C18H29NO2/c1-14(2)15-7-6-11-18(13-20,12-10-15)19-16-8-4-5-9-17(16)21-3/h4-5,8-9,14-15,19-20H,6-7,10-13H2,1-3H3. The van der Waals surface area contributed by atoms with Gasteiger partial charge in [-0.25, -0.2) is 0 Å². The van der Waals surface area contributed by atoms with Gasteiger partial charge in [-0.05, 0) is 43.2 Å². The van der Waals surface area contributed by atoms with Crippen molar-refractivity contribution in [2.75, 3.05) is 19.0 Å². The maximum absolute atomic E-state index is 10.0. The number of aliphatic hydroxyl groups excluding tert-OH is 1. The number of hydrogen-bond donors (Lipinski definition) is 2. The minimum Gasteiger partial charge on any atom is -0.495 e. The van der Waals surface area contributed by atoms with E-state index in [0.717, 1.165) is 36.1 Å². The Morgan fingerprint density at radius 1 is 1.29 bits per heavy atom. The van der Waals surface area contributed by atoms with E-state index in [2.05, 4.69) is 19.2 Å². The maximum atomic E-state index is 10.0. The Labute approximate surface area is 128 Å². The molecule has 2 rings (SSSR count). The maximum Gasteiger partial charge on any atom is 0.141 e. The molecule has 2 N–H and O–H groups in total. The van der Waals surface area contributed by atoms with Crippen LogP contribution in [-0.4, -0.2) is 24.4 Å². The molecule has 1 saturated carbocycles. The molecule has 0 aliphatic heterocycles. The summed E-state index contributed by atoms with van der Waals surface area (Å²) >= 11 is 0. The zero-order chi connectivity index (χ0) is 15.3. The molecule has 3 nitrogen and oxygen atoms in total. The van der Waals surface area contributed by atoms with Gasteiger partial charge in [0.15, 0.2) is 0 Å². The van der Waals surface area contributed by atoms with Gasteiger partial charge in [0.05, 0.1) is 24.9 Å². The molecule has 0 heterocycles. The molecule has 2 unspecified atom stereocenters. The van der Waals surface area contributed by atoms with Crippen molar-refractivity contribution in [2.45, 2.75) is 51.5 Å². The topological polar surface area (TPSA) is 41.5 Å². The van der Waals surface area contributed by atoms with Crippen molar-refractivity contribution in [2.24, 2.45) is 11.8 Å². The van der Waals surface area contributed by atoms with Crippen molar-refractivity contribution in [1.29, 1.82) is 0 Å². The summed E-state index contributed by atoms with van der Waals surface area (Å²) in [5.74, 6) is 2.35. The lowest BCUT2D eigenvalue weighted by Gasteiger charge is -2.34. The van der Waals surface area contributed by atoms with E-state index in [-0.39, 0.29) is 12.1 Å². The van der Waals surface area contributed by atoms with Crippen molar-refractivity contribution < 1.29 is 9.84 Å². The normalized spacial score (nSPS) is 26.4. The van der Waals surface area contributed by atoms with Gasteiger partial charge in [0.2, 0.25) is 0 Å². The molecule has 0 saturated heterocycles. The van der Waals surface area contributed by atoms with E-state index in [1.165, 1.54) is 19.3 Å². The number of anilines is 1. The molecule has 2 atom stereocenters. The number of aliphatic hydroxyl groups is 1. The number of ether oxygens (including phenoxy) is 1. The molecule has 3 heteroatoms. The van der Waals surface area contributed by atoms with Gasteiger partial charge < -0.3 is 15.2 Å². The Morgan fingerprint density at radius 3 is 2.71 bits per heavy atom. The Kier molecular flexibility index (Phi) is 5.51. The Bertz CT molecular complexity index is 447. The minimum atomic E-state index is -0.210. The van der Waals surface area contributed by atoms with E-state index in [1.54, 1.807) is 7.11 Å². The van der Waals surface area contributed by atoms with Gasteiger partial charge in [-0.3, -0.25) is 0 Å². The fourth-order valence-electron chi connectivity index (χ4n) is 3.46. The molecule has 1 aromatic rings. The Hall–Kier alpha value is -1.22. The highest BCUT2D eigenvalue weighted by atomic mass is 16.5. The van der Waals surface area contributed by atoms with Crippen LogP contribution in [0, 0.1) is 11.8 Å². The van der Waals surface area contributed by atoms with Crippen LogP contribution in [-0.2, 0) is 0 Å². The number of benzene rings is 1. The van der Waals surface area contributed by atoms with Crippen LogP contribution in [0.5, 0.6) is 5.75 Å². The van der Waals surface area contributed by atoms with E-state index >= 15 is 0 Å². The van der Waals surface area contributed by atoms with Crippen molar-refractivity contribution in [3.8, 4) is 5.75 Å². The second kappa shape index (κ2) is 7.17. The van der Waals surface area contributed by atoms with Gasteiger partial charge in [-0.1, -0.05) is 38.8 Å². The lowest BCUT2D eigenvalue weighted by atomic mass is 9.86. The summed E-state index contributed by atoms with van der Waals surface area (Å²) in [5.41, 5.74) is 0.773. The monoisotopic (exact) mass is 291 g/mol. The van der Waals surface area contributed by atoms with E-state index < -0.39 is 0 Å². The summed E-state index contributed by atoms with van der Waals surface area (Å²) in [4.78, 5) is 0. The summed E-state index contributed by atoms with van der Waals surface area (Å²) < 4.78 is 5.42. The van der Waals surface area contributed by atoms with Gasteiger partial charge in [0.25, 0.3) is 0 Å². The van der Waals surface area contributed by atoms with Crippen molar-refractivity contribution in [1.82, 2.24) is 0 Å². The first kappa shape index (κ1) is 16.2. The van der Waals surface area contributed by atoms with Gasteiger partial charge in [-0.15, -0.1) is 0 Å². The van der Waals surface area contributed by atoms with Crippen LogP contribution >= 0.6 is 0 Å². The fourth-order valence-corrected chi connectivity index (χ4v) is 3.46. The average molecular weight is 291 g/mol. The van der Waals surface area contributed by atoms with Crippen LogP contribution in [0.2, 0.25) is 0 Å². The summed E-state index contributed by atoms with van der Waals surface area (Å²) in [6.07, 6.45) is 5.66. The minimum absolute atomic E-state index is 0.176. The Balaban J connectivity index is 2.14. The average Bonchev–Trinajstić information content (AvgIpc) is 2.71. The van der Waals surface area contributed by atoms with E-state index in [0.29, 0.717) is 0 Å². The van der Waals surface area contributed by atoms with E-state index in [4.69, 9.17) is 4.74 Å². The van der Waals surface area contributed by atoms with E-state index in [1.807, 2.05) is 24.3 Å². The SMILES string of the molecule is COc1ccccc1NC1(CO)CCCC(C(C)C)CC1. The van der Waals surface area contributed by atoms with Crippen LogP contribution in [0.25, 0.3) is 0 Å². The van der Waals surface area contributed by atoms with E-state index in [9.17, 15) is 5.11 Å². The first-order chi connectivity index (χ1) is 10.1. The molecule has 0 spiro atoms. The largest absolute Gasteiger partial charge is 0.495 e. The lowest BCUT2D eigenvalue weighted by Crippen LogP contribution is -2.41. The van der Waals surface area contributed by atoms with Crippen molar-refractivity contribution in [3.63, 3.8) is 0 Å². The third-order valence-electron chi connectivity index (χ3n) is 4.98. The predicted molar refractivity (Wildman–Crippen MR) is 87.8 cm³/mol. The quantitative estimate of drug-likeness (QED) is 0.803. The molecule has 1 fully saturated rings. The first-order valence-electron chi connectivity index (χ1n) is 8.12. The van der Waals surface area contributed by atoms with Crippen LogP contribution in [0.15, 0.2) is 24.3 Å². The number of hydrogen-bond acceptors (Lipinski definition) is 3. The molecule has 118 valence electrons. The van der Waals surface area contributed by atoms with Gasteiger partial charge >= 0.3 is 0 Å². The number of nitrogens with one attached hydrogen (secondary N) is 1. The highest BCUT2D eigenvalue weighted by molar-refractivity contribution is 5.57. The van der Waals surface area contributed by atoms with Crippen molar-refractivity contribution >= 4 is 5.69 Å². The molecule has 1 aromatic carbocycles. The molecule has 21 heavy (non-hydrogen) atoms. The van der Waals surface area contributed by atoms with Crippen LogP contribution in [0.1, 0.15) is 46.0 Å². The summed E-state index contributed by atoms with van der Waals surface area (Å²) in [6, 6.07) is 7.96. The summed E-state index contributed by atoms with van der Waals surface area (Å²) in [7, 11) is 1.69. The van der Waals surface area contributed by atoms with Crippen LogP contribution < -0.4 is 10.1 Å². The zero-order valence-electron chi connectivity index (χ0n) is 13.6. The second-order valence-corrected chi connectivity index (χ2v) is 6.70. The second-order valence-electron chi connectivity index (χ2n) is 6.70. The first-order valence-corrected chi connectivity index (χ1v) is 8.12. The molecule has 1 aliphatic rings. The molecule has 0 amide bonds. The number of rotatable bonds is 5. The smallest absolute Gasteiger partial charge is 0.141 e. The lowest BCUT2D eigenvalue weighted by molar-refractivity contribution is 0.192. The summed E-state index contributed by atoms with van der Waals surface area (Å²) in [6.45, 7) is 4.80. The van der Waals surface area contributed by atoms with Gasteiger partial charge in [0, 0.05) is 0 Å². The summed E-state index contributed by atoms with van der Waals surface area (Å²) in [5, 5.41) is 13.6.